The molecule has 30 heavy (non-hydrogen) atoms. The van der Waals surface area contributed by atoms with E-state index in [-0.39, 0.29) is 42.7 Å². The number of benzene rings is 1. The first-order valence-electron chi connectivity index (χ1n) is 9.32. The molecule has 0 fully saturated rings. The van der Waals surface area contributed by atoms with E-state index in [4.69, 9.17) is 4.74 Å². The van der Waals surface area contributed by atoms with Gasteiger partial charge >= 0.3 is 5.69 Å². The number of hydrogen-bond acceptors (Lipinski definition) is 7. The van der Waals surface area contributed by atoms with Gasteiger partial charge in [-0.25, -0.2) is 4.79 Å². The summed E-state index contributed by atoms with van der Waals surface area (Å²) in [5.41, 5.74) is -0.0853. The van der Waals surface area contributed by atoms with Crippen molar-refractivity contribution in [2.75, 3.05) is 25.5 Å². The number of rotatable bonds is 8. The van der Waals surface area contributed by atoms with Crippen LogP contribution in [0.2, 0.25) is 0 Å². The summed E-state index contributed by atoms with van der Waals surface area (Å²) >= 11 is 0. The molecule has 4 N–H and O–H groups in total. The normalized spacial score (nSPS) is 12.0. The van der Waals surface area contributed by atoms with Crippen LogP contribution in [0.15, 0.2) is 33.9 Å². The Morgan fingerprint density at radius 3 is 2.77 bits per heavy atom. The standard InChI is InChI=1S/C19H24N6O5/c1-11-6-4-5-7-13(11)30-10-12(26)9-25-15-16(24(3)19(29)23-17(15)28)22-18(25)21-8-14(27)20-2/h4-7,12,26H,8-10H2,1-3H3,(H,20,27)(H,21,22)(H,23,28,29)/t12-/m1/s1. The van der Waals surface area contributed by atoms with Crippen molar-refractivity contribution < 1.29 is 14.6 Å². The van der Waals surface area contributed by atoms with Gasteiger partial charge in [0.1, 0.15) is 18.5 Å². The van der Waals surface area contributed by atoms with Gasteiger partial charge in [-0.05, 0) is 18.6 Å². The average molecular weight is 416 g/mol. The quantitative estimate of drug-likeness (QED) is 0.381. The number of aromatic amines is 1. The first kappa shape index (κ1) is 21.1. The van der Waals surface area contributed by atoms with Gasteiger partial charge in [0.2, 0.25) is 11.9 Å². The molecule has 2 aromatic heterocycles. The minimum atomic E-state index is -0.987. The zero-order valence-electron chi connectivity index (χ0n) is 16.9. The molecule has 160 valence electrons. The van der Waals surface area contributed by atoms with Crippen LogP contribution in [0.4, 0.5) is 5.95 Å². The van der Waals surface area contributed by atoms with Crippen LogP contribution in [0.5, 0.6) is 5.75 Å². The number of carbonyl (C=O) groups is 1. The average Bonchev–Trinajstić information content (AvgIpc) is 3.08. The predicted octanol–water partition coefficient (Wildman–Crippen LogP) is -0.670. The van der Waals surface area contributed by atoms with Crippen LogP contribution in [0, 0.1) is 6.92 Å². The van der Waals surface area contributed by atoms with Crippen LogP contribution in [-0.2, 0) is 18.4 Å². The number of aliphatic hydroxyl groups is 1. The van der Waals surface area contributed by atoms with Crippen molar-refractivity contribution in [1.29, 1.82) is 0 Å². The molecule has 0 radical (unpaired) electrons. The lowest BCUT2D eigenvalue weighted by molar-refractivity contribution is -0.118. The summed E-state index contributed by atoms with van der Waals surface area (Å²) in [5.74, 6) is 0.528. The molecule has 0 aliphatic carbocycles. The number of H-pyrrole nitrogens is 1. The van der Waals surface area contributed by atoms with Gasteiger partial charge in [0.05, 0.1) is 13.1 Å². The highest BCUT2D eigenvalue weighted by atomic mass is 16.5. The molecule has 0 bridgehead atoms. The van der Waals surface area contributed by atoms with Crippen molar-refractivity contribution in [3.8, 4) is 5.75 Å². The van der Waals surface area contributed by atoms with E-state index in [9.17, 15) is 19.5 Å². The van der Waals surface area contributed by atoms with Crippen LogP contribution >= 0.6 is 0 Å². The number of carbonyl (C=O) groups excluding carboxylic acids is 1. The number of anilines is 1. The minimum absolute atomic E-state index is 0.0247. The second kappa shape index (κ2) is 8.82. The van der Waals surface area contributed by atoms with E-state index in [0.29, 0.717) is 5.75 Å². The Bertz CT molecular complexity index is 1180. The maximum Gasteiger partial charge on any atom is 0.329 e. The Morgan fingerprint density at radius 1 is 1.33 bits per heavy atom. The largest absolute Gasteiger partial charge is 0.491 e. The number of fused-ring (bicyclic) bond motifs is 1. The molecule has 0 aliphatic rings. The summed E-state index contributed by atoms with van der Waals surface area (Å²) in [5, 5.41) is 15.8. The number of aliphatic hydroxyl groups excluding tert-OH is 1. The van der Waals surface area contributed by atoms with Gasteiger partial charge in [0, 0.05) is 14.1 Å². The summed E-state index contributed by atoms with van der Waals surface area (Å²) in [4.78, 5) is 42.5. The molecule has 0 saturated heterocycles. The Balaban J connectivity index is 1.90. The van der Waals surface area contributed by atoms with Gasteiger partial charge in [-0.2, -0.15) is 4.98 Å². The van der Waals surface area contributed by atoms with Gasteiger partial charge in [0.25, 0.3) is 5.56 Å². The highest BCUT2D eigenvalue weighted by molar-refractivity contribution is 5.81. The Kier molecular flexibility index (Phi) is 6.21. The predicted molar refractivity (Wildman–Crippen MR) is 111 cm³/mol. The molecule has 1 amide bonds. The fourth-order valence-corrected chi connectivity index (χ4v) is 2.96. The second-order valence-corrected chi connectivity index (χ2v) is 6.79. The van der Waals surface area contributed by atoms with Crippen LogP contribution in [0.25, 0.3) is 11.2 Å². The third-order valence-electron chi connectivity index (χ3n) is 4.61. The number of likely N-dealkylation sites (N-methyl/N-ethyl adjacent to an activating group) is 1. The van der Waals surface area contributed by atoms with Gasteiger partial charge in [0.15, 0.2) is 11.2 Å². The topological polar surface area (TPSA) is 143 Å². The Morgan fingerprint density at radius 2 is 2.07 bits per heavy atom. The zero-order valence-corrected chi connectivity index (χ0v) is 16.9. The Hall–Kier alpha value is -3.60. The van der Waals surface area contributed by atoms with Crippen molar-refractivity contribution >= 4 is 23.0 Å². The highest BCUT2D eigenvalue weighted by Crippen LogP contribution is 2.18. The van der Waals surface area contributed by atoms with E-state index in [1.807, 2.05) is 25.1 Å². The molecular formula is C19H24N6O5. The first-order valence-corrected chi connectivity index (χ1v) is 9.32. The summed E-state index contributed by atoms with van der Waals surface area (Å²) in [7, 11) is 2.96. The number of ether oxygens (including phenoxy) is 1. The Labute approximate surface area is 171 Å². The first-order chi connectivity index (χ1) is 14.3. The van der Waals surface area contributed by atoms with Crippen molar-refractivity contribution in [3.63, 3.8) is 0 Å². The van der Waals surface area contributed by atoms with E-state index >= 15 is 0 Å². The molecule has 11 heteroatoms. The van der Waals surface area contributed by atoms with Gasteiger partial charge < -0.3 is 25.0 Å². The second-order valence-electron chi connectivity index (χ2n) is 6.79. The number of amides is 1. The molecule has 0 aliphatic heterocycles. The van der Waals surface area contributed by atoms with Crippen molar-refractivity contribution in [2.24, 2.45) is 7.05 Å². The van der Waals surface area contributed by atoms with E-state index in [1.54, 1.807) is 6.07 Å². The van der Waals surface area contributed by atoms with Crippen LogP contribution in [0.1, 0.15) is 5.56 Å². The summed E-state index contributed by atoms with van der Waals surface area (Å²) in [6.07, 6.45) is -0.987. The van der Waals surface area contributed by atoms with Crippen molar-refractivity contribution in [1.82, 2.24) is 24.4 Å². The summed E-state index contributed by atoms with van der Waals surface area (Å²) in [6, 6.07) is 7.41. The molecular weight excluding hydrogens is 392 g/mol. The van der Waals surface area contributed by atoms with Gasteiger partial charge in [-0.1, -0.05) is 18.2 Å². The molecule has 0 saturated carbocycles. The number of nitrogens with zero attached hydrogens (tertiary/aromatic N) is 3. The molecule has 2 heterocycles. The van der Waals surface area contributed by atoms with E-state index < -0.39 is 17.4 Å². The molecule has 1 aromatic carbocycles. The number of hydrogen-bond donors (Lipinski definition) is 4. The number of aromatic nitrogens is 4. The van der Waals surface area contributed by atoms with E-state index in [2.05, 4.69) is 20.6 Å². The summed E-state index contributed by atoms with van der Waals surface area (Å²) < 4.78 is 8.30. The molecule has 0 unspecified atom stereocenters. The number of nitrogens with one attached hydrogen (secondary N) is 3. The fraction of sp³-hybridized carbons (Fsp3) is 0.368. The lowest BCUT2D eigenvalue weighted by Crippen LogP contribution is -2.31. The monoisotopic (exact) mass is 416 g/mol. The summed E-state index contributed by atoms with van der Waals surface area (Å²) in [6.45, 7) is 1.73. The number of imidazole rings is 1. The molecule has 11 nitrogen and oxygen atoms in total. The third-order valence-corrected chi connectivity index (χ3v) is 4.61. The SMILES string of the molecule is CNC(=O)CNc1nc2c(c(=O)[nH]c(=O)n2C)n1C[C@@H](O)COc1ccccc1C. The smallest absolute Gasteiger partial charge is 0.329 e. The van der Waals surface area contributed by atoms with E-state index in [1.165, 1.54) is 23.2 Å². The molecule has 3 aromatic rings. The van der Waals surface area contributed by atoms with Crippen molar-refractivity contribution in [3.05, 3.63) is 50.7 Å². The van der Waals surface area contributed by atoms with Gasteiger partial charge in [-0.3, -0.25) is 19.1 Å². The van der Waals surface area contributed by atoms with Crippen LogP contribution in [0.3, 0.4) is 0 Å². The van der Waals surface area contributed by atoms with Crippen LogP contribution < -0.4 is 26.6 Å². The number of aryl methyl sites for hydroxylation is 2. The number of para-hydroxylation sites is 1. The molecule has 3 rings (SSSR count). The lowest BCUT2D eigenvalue weighted by atomic mass is 10.2. The molecule has 0 spiro atoms. The van der Waals surface area contributed by atoms with Gasteiger partial charge in [-0.15, -0.1) is 0 Å². The highest BCUT2D eigenvalue weighted by Gasteiger charge is 2.20. The van der Waals surface area contributed by atoms with E-state index in [0.717, 1.165) is 5.56 Å². The maximum absolute atomic E-state index is 12.4. The molecule has 1 atom stereocenters. The zero-order chi connectivity index (χ0) is 21.8. The fourth-order valence-electron chi connectivity index (χ4n) is 2.96. The lowest BCUT2D eigenvalue weighted by Gasteiger charge is -2.16. The maximum atomic E-state index is 12.4. The van der Waals surface area contributed by atoms with Crippen molar-refractivity contribution in [2.45, 2.75) is 19.6 Å². The van der Waals surface area contributed by atoms with Crippen LogP contribution in [-0.4, -0.2) is 56.4 Å². The minimum Gasteiger partial charge on any atom is -0.491 e. The third kappa shape index (κ3) is 4.35.